The maximum absolute atomic E-state index is 13.7. The Balaban J connectivity index is 1.83. The van der Waals surface area contributed by atoms with Crippen LogP contribution in [0.5, 0.6) is 0 Å². The van der Waals surface area contributed by atoms with Gasteiger partial charge in [0.05, 0.1) is 12.2 Å². The van der Waals surface area contributed by atoms with E-state index in [1.165, 1.54) is 13.8 Å². The summed E-state index contributed by atoms with van der Waals surface area (Å²) in [6.45, 7) is 2.95. The summed E-state index contributed by atoms with van der Waals surface area (Å²) in [7, 11) is 0. The highest BCUT2D eigenvalue weighted by Crippen LogP contribution is 2.55. The largest absolute Gasteiger partial charge is 0.304 e. The molecule has 1 aromatic heterocycles. The van der Waals surface area contributed by atoms with Crippen molar-refractivity contribution >= 4 is 51.9 Å². The van der Waals surface area contributed by atoms with Crippen molar-refractivity contribution in [3.05, 3.63) is 58.9 Å². The minimum absolute atomic E-state index is 0.178. The van der Waals surface area contributed by atoms with Crippen LogP contribution in [0.3, 0.4) is 0 Å². The minimum atomic E-state index is -1.46. The van der Waals surface area contributed by atoms with Crippen LogP contribution in [-0.4, -0.2) is 32.9 Å². The second kappa shape index (κ2) is 7.16. The molecule has 1 atom stereocenters. The van der Waals surface area contributed by atoms with Crippen molar-refractivity contribution in [3.63, 3.8) is 0 Å². The van der Waals surface area contributed by atoms with Crippen LogP contribution in [0.4, 0.5) is 5.69 Å². The van der Waals surface area contributed by atoms with Gasteiger partial charge in [-0.05, 0) is 47.7 Å². The van der Waals surface area contributed by atoms with Crippen molar-refractivity contribution in [3.8, 4) is 0 Å². The van der Waals surface area contributed by atoms with Crippen molar-refractivity contribution in [2.24, 2.45) is 5.10 Å². The average Bonchev–Trinajstić information content (AvgIpc) is 3.15. The molecule has 2 aliphatic rings. The van der Waals surface area contributed by atoms with Crippen molar-refractivity contribution in [1.29, 1.82) is 0 Å². The van der Waals surface area contributed by atoms with Crippen LogP contribution in [-0.2, 0) is 25.8 Å². The minimum Gasteiger partial charge on any atom is -0.304 e. The monoisotopic (exact) mass is 429 g/mol. The zero-order valence-electron chi connectivity index (χ0n) is 15.5. The first-order valence-electron chi connectivity index (χ1n) is 8.70. The number of fused-ring (bicyclic) bond motifs is 2. The highest BCUT2D eigenvalue weighted by atomic mass is 35.5. The normalized spacial score (nSPS) is 20.1. The van der Waals surface area contributed by atoms with Crippen molar-refractivity contribution in [1.82, 2.24) is 15.3 Å². The highest BCUT2D eigenvalue weighted by Gasteiger charge is 2.61. The van der Waals surface area contributed by atoms with Gasteiger partial charge in [-0.25, -0.2) is 0 Å². The molecule has 0 bridgehead atoms. The molecular weight excluding hydrogens is 414 g/mol. The summed E-state index contributed by atoms with van der Waals surface area (Å²) in [6.07, 6.45) is 3.30. The van der Waals surface area contributed by atoms with Gasteiger partial charge in [-0.1, -0.05) is 11.6 Å². The smallest absolute Gasteiger partial charge is 0.271 e. The van der Waals surface area contributed by atoms with E-state index in [0.717, 1.165) is 22.3 Å². The van der Waals surface area contributed by atoms with Gasteiger partial charge in [-0.2, -0.15) is 5.01 Å². The Bertz CT molecular complexity index is 1060. The molecule has 29 heavy (non-hydrogen) atoms. The van der Waals surface area contributed by atoms with Crippen molar-refractivity contribution in [2.75, 3.05) is 4.90 Å². The van der Waals surface area contributed by atoms with E-state index in [1.807, 2.05) is 12.1 Å². The number of benzene rings is 1. The number of hydrogen-bond donors (Lipinski definition) is 1. The van der Waals surface area contributed by atoms with Crippen molar-refractivity contribution < 1.29 is 14.4 Å². The van der Waals surface area contributed by atoms with Crippen LogP contribution < -0.4 is 10.2 Å². The number of rotatable bonds is 2. The third-order valence-corrected chi connectivity index (χ3v) is 6.03. The highest BCUT2D eigenvalue weighted by molar-refractivity contribution is 8.15. The fraction of sp³-hybridized carbons (Fsp3) is 0.211. The molecule has 1 N–H and O–H groups in total. The number of amidine groups is 1. The predicted molar refractivity (Wildman–Crippen MR) is 110 cm³/mol. The number of hydrogen-bond acceptors (Lipinski definition) is 6. The Labute approximate surface area is 175 Å². The summed E-state index contributed by atoms with van der Waals surface area (Å²) in [5.74, 6) is -1.11. The van der Waals surface area contributed by atoms with E-state index < -0.39 is 10.8 Å². The number of hydrazone groups is 1. The Hall–Kier alpha value is -2.91. The zero-order valence-corrected chi connectivity index (χ0v) is 17.1. The molecule has 148 valence electrons. The van der Waals surface area contributed by atoms with Gasteiger partial charge in [0, 0.05) is 36.8 Å². The van der Waals surface area contributed by atoms with E-state index >= 15 is 0 Å². The van der Waals surface area contributed by atoms with E-state index in [0.29, 0.717) is 22.8 Å². The lowest BCUT2D eigenvalue weighted by Crippen LogP contribution is -2.48. The summed E-state index contributed by atoms with van der Waals surface area (Å²) in [4.78, 5) is 41.8. The van der Waals surface area contributed by atoms with E-state index in [4.69, 9.17) is 11.6 Å². The topological polar surface area (TPSA) is 95.0 Å². The lowest BCUT2D eigenvalue weighted by Gasteiger charge is -2.29. The Kier molecular flexibility index (Phi) is 4.79. The molecule has 1 aromatic carbocycles. The molecule has 0 saturated heterocycles. The number of carbonyl (C=O) groups excluding carboxylic acids is 3. The molecule has 1 spiro atoms. The van der Waals surface area contributed by atoms with Gasteiger partial charge < -0.3 is 10.2 Å². The number of anilines is 1. The van der Waals surface area contributed by atoms with Crippen LogP contribution in [0.1, 0.15) is 25.0 Å². The molecule has 3 amide bonds. The third kappa shape index (κ3) is 3.16. The first kappa shape index (κ1) is 19.4. The number of nitrogens with zero attached hydrogens (tertiary/aromatic N) is 4. The van der Waals surface area contributed by atoms with Crippen LogP contribution in [0, 0.1) is 0 Å². The number of carbonyl (C=O) groups is 3. The SMILES string of the molecule is CC(=O)NC1=NN(C(C)=O)[C@]2(S1)C(=O)N(Cc1ccncc1)c1ccc(Cl)cc12. The van der Waals surface area contributed by atoms with Gasteiger partial charge in [0.25, 0.3) is 5.91 Å². The van der Waals surface area contributed by atoms with Gasteiger partial charge in [-0.15, -0.1) is 5.10 Å². The molecule has 0 radical (unpaired) electrons. The molecular formula is C19H16ClN5O3S. The summed E-state index contributed by atoms with van der Waals surface area (Å²) < 4.78 is 0. The van der Waals surface area contributed by atoms with E-state index in [1.54, 1.807) is 35.5 Å². The standard InChI is InChI=1S/C19H16ClN5O3S/c1-11(26)22-18-23-25(12(2)27)19(29-18)15-9-14(20)3-4-16(15)24(17(19)28)10-13-5-7-21-8-6-13/h3-9H,10H2,1-2H3,(H,22,23,26)/t19-/m1/s1. The fourth-order valence-corrected chi connectivity index (χ4v) is 4.91. The summed E-state index contributed by atoms with van der Waals surface area (Å²) in [5.41, 5.74) is 2.06. The van der Waals surface area contributed by atoms with Gasteiger partial charge in [0.2, 0.25) is 16.7 Å². The fourth-order valence-electron chi connectivity index (χ4n) is 3.41. The Morgan fingerprint density at radius 1 is 1.21 bits per heavy atom. The first-order valence-corrected chi connectivity index (χ1v) is 9.89. The summed E-state index contributed by atoms with van der Waals surface area (Å²) in [5, 5.41) is 8.52. The maximum atomic E-state index is 13.7. The van der Waals surface area contributed by atoms with Crippen LogP contribution in [0.15, 0.2) is 47.8 Å². The van der Waals surface area contributed by atoms with Crippen LogP contribution >= 0.6 is 23.4 Å². The number of aromatic nitrogens is 1. The number of halogens is 1. The summed E-state index contributed by atoms with van der Waals surface area (Å²) >= 11 is 7.25. The quantitative estimate of drug-likeness (QED) is 0.791. The molecule has 0 aliphatic carbocycles. The third-order valence-electron chi connectivity index (χ3n) is 4.55. The first-order chi connectivity index (χ1) is 13.8. The molecule has 10 heteroatoms. The lowest BCUT2D eigenvalue weighted by molar-refractivity contribution is -0.139. The molecule has 4 rings (SSSR count). The predicted octanol–water partition coefficient (Wildman–Crippen LogP) is 2.44. The maximum Gasteiger partial charge on any atom is 0.271 e. The number of pyridine rings is 1. The number of nitrogens with one attached hydrogen (secondary N) is 1. The van der Waals surface area contributed by atoms with Crippen molar-refractivity contribution in [2.45, 2.75) is 25.3 Å². The average molecular weight is 430 g/mol. The Morgan fingerprint density at radius 2 is 1.93 bits per heavy atom. The zero-order chi connectivity index (χ0) is 20.8. The summed E-state index contributed by atoms with van der Waals surface area (Å²) in [6, 6.07) is 8.74. The molecule has 2 aromatic rings. The van der Waals surface area contributed by atoms with Gasteiger partial charge >= 0.3 is 0 Å². The van der Waals surface area contributed by atoms with E-state index in [-0.39, 0.29) is 17.0 Å². The molecule has 0 fully saturated rings. The van der Waals surface area contributed by atoms with Gasteiger partial charge in [0.15, 0.2) is 5.17 Å². The molecule has 2 aliphatic heterocycles. The number of amides is 3. The molecule has 0 saturated carbocycles. The Morgan fingerprint density at radius 3 is 2.59 bits per heavy atom. The van der Waals surface area contributed by atoms with Gasteiger partial charge in [0.1, 0.15) is 0 Å². The second-order valence-electron chi connectivity index (χ2n) is 6.57. The van der Waals surface area contributed by atoms with Gasteiger partial charge in [-0.3, -0.25) is 19.4 Å². The lowest BCUT2D eigenvalue weighted by atomic mass is 10.1. The molecule has 0 unspecified atom stereocenters. The molecule has 3 heterocycles. The van der Waals surface area contributed by atoms with E-state index in [2.05, 4.69) is 15.4 Å². The second-order valence-corrected chi connectivity index (χ2v) is 8.19. The van der Waals surface area contributed by atoms with E-state index in [9.17, 15) is 14.4 Å². The molecule has 8 nitrogen and oxygen atoms in total. The van der Waals surface area contributed by atoms with Crippen LogP contribution in [0.2, 0.25) is 5.02 Å². The van der Waals surface area contributed by atoms with Crippen LogP contribution in [0.25, 0.3) is 0 Å². The number of thioether (sulfide) groups is 1.